The third-order valence-electron chi connectivity index (χ3n) is 5.48. The Morgan fingerprint density at radius 1 is 1.19 bits per heavy atom. The number of hydrogen-bond donors (Lipinski definition) is 1. The van der Waals surface area contributed by atoms with Crippen LogP contribution in [0.25, 0.3) is 10.8 Å². The van der Waals surface area contributed by atoms with E-state index in [9.17, 15) is 14.7 Å². The number of amides is 1. The summed E-state index contributed by atoms with van der Waals surface area (Å²) in [6.07, 6.45) is 0.520. The second-order valence-corrected chi connectivity index (χ2v) is 7.19. The van der Waals surface area contributed by atoms with Gasteiger partial charge in [-0.25, -0.2) is 0 Å². The average molecular weight is 355 g/mol. The number of piperidine rings is 1. The van der Waals surface area contributed by atoms with Crippen LogP contribution in [0.5, 0.6) is 5.75 Å². The lowest BCUT2D eigenvalue weighted by atomic mass is 9.86. The summed E-state index contributed by atoms with van der Waals surface area (Å²) in [5.74, 6) is -0.526. The average Bonchev–Trinajstić information content (AvgIpc) is 2.65. The predicted molar refractivity (Wildman–Crippen MR) is 100 cm³/mol. The van der Waals surface area contributed by atoms with Crippen LogP contribution in [0.15, 0.2) is 36.4 Å². The summed E-state index contributed by atoms with van der Waals surface area (Å²) >= 11 is 0. The number of benzene rings is 2. The molecule has 0 bridgehead atoms. The lowest BCUT2D eigenvalue weighted by molar-refractivity contribution is -0.148. The molecule has 1 fully saturated rings. The van der Waals surface area contributed by atoms with Crippen molar-refractivity contribution in [2.24, 2.45) is 11.8 Å². The van der Waals surface area contributed by atoms with Gasteiger partial charge in [-0.15, -0.1) is 0 Å². The van der Waals surface area contributed by atoms with Crippen LogP contribution < -0.4 is 4.74 Å². The van der Waals surface area contributed by atoms with Gasteiger partial charge in [0.05, 0.1) is 18.9 Å². The number of carbonyl (C=O) groups is 2. The molecule has 3 rings (SSSR count). The smallest absolute Gasteiger partial charge is 0.306 e. The summed E-state index contributed by atoms with van der Waals surface area (Å²) in [5.41, 5.74) is 0.973. The molecule has 2 unspecified atom stereocenters. The highest BCUT2D eigenvalue weighted by Gasteiger charge is 2.34. The molecule has 2 aromatic rings. The Bertz CT molecular complexity index is 832. The van der Waals surface area contributed by atoms with Crippen molar-refractivity contribution in [2.45, 2.75) is 26.2 Å². The van der Waals surface area contributed by atoms with Gasteiger partial charge in [0.2, 0.25) is 5.91 Å². The predicted octanol–water partition coefficient (Wildman–Crippen LogP) is 3.52. The standard InChI is InChI=1S/C21H25NO4/c1-13-12-22(9-8-19(13)21(24)25)20(23)14(2)15-4-5-17-11-18(26-3)7-6-16(17)10-15/h4-7,10-11,13-14,19H,8-9,12H2,1-3H3,(H,24,25)/t13?,14-,19?/m0/s1. The van der Waals surface area contributed by atoms with Gasteiger partial charge in [-0.2, -0.15) is 0 Å². The van der Waals surface area contributed by atoms with Gasteiger partial charge in [0, 0.05) is 13.1 Å². The highest BCUT2D eigenvalue weighted by molar-refractivity contribution is 5.88. The second kappa shape index (κ2) is 7.36. The summed E-state index contributed by atoms with van der Waals surface area (Å²) in [6, 6.07) is 11.9. The highest BCUT2D eigenvalue weighted by Crippen LogP contribution is 2.29. The second-order valence-electron chi connectivity index (χ2n) is 7.19. The van der Waals surface area contributed by atoms with E-state index in [1.165, 1.54) is 0 Å². The molecule has 3 atom stereocenters. The third kappa shape index (κ3) is 3.52. The number of rotatable bonds is 4. The normalized spacial score (nSPS) is 21.4. The Labute approximate surface area is 153 Å². The molecule has 2 aromatic carbocycles. The molecule has 0 aromatic heterocycles. The van der Waals surface area contributed by atoms with Crippen LogP contribution in [-0.4, -0.2) is 42.1 Å². The monoisotopic (exact) mass is 355 g/mol. The van der Waals surface area contributed by atoms with E-state index < -0.39 is 5.97 Å². The molecule has 1 amide bonds. The molecule has 26 heavy (non-hydrogen) atoms. The van der Waals surface area contributed by atoms with Crippen molar-refractivity contribution in [3.05, 3.63) is 42.0 Å². The van der Waals surface area contributed by atoms with E-state index in [1.54, 1.807) is 7.11 Å². The van der Waals surface area contributed by atoms with E-state index in [4.69, 9.17) is 4.74 Å². The number of likely N-dealkylation sites (tertiary alicyclic amines) is 1. The van der Waals surface area contributed by atoms with Gasteiger partial charge in [-0.3, -0.25) is 9.59 Å². The first-order valence-electron chi connectivity index (χ1n) is 9.00. The van der Waals surface area contributed by atoms with Gasteiger partial charge in [0.15, 0.2) is 0 Å². The largest absolute Gasteiger partial charge is 0.497 e. The van der Waals surface area contributed by atoms with Gasteiger partial charge < -0.3 is 14.7 Å². The van der Waals surface area contributed by atoms with E-state index in [0.717, 1.165) is 22.1 Å². The van der Waals surface area contributed by atoms with Crippen LogP contribution >= 0.6 is 0 Å². The van der Waals surface area contributed by atoms with E-state index >= 15 is 0 Å². The van der Waals surface area contributed by atoms with Crippen molar-refractivity contribution in [1.82, 2.24) is 4.90 Å². The maximum absolute atomic E-state index is 12.9. The van der Waals surface area contributed by atoms with Gasteiger partial charge in [-0.1, -0.05) is 31.2 Å². The zero-order chi connectivity index (χ0) is 18.8. The SMILES string of the molecule is COc1ccc2cc([C@H](C)C(=O)N3CCC(C(=O)O)C(C)C3)ccc2c1. The minimum atomic E-state index is -0.761. The third-order valence-corrected chi connectivity index (χ3v) is 5.48. The summed E-state index contributed by atoms with van der Waals surface area (Å²) in [4.78, 5) is 26.0. The molecule has 0 saturated carbocycles. The number of hydrogen-bond acceptors (Lipinski definition) is 3. The first kappa shape index (κ1) is 18.2. The van der Waals surface area contributed by atoms with Crippen LogP contribution in [0.1, 0.15) is 31.7 Å². The zero-order valence-corrected chi connectivity index (χ0v) is 15.4. The fraction of sp³-hybridized carbons (Fsp3) is 0.429. The summed E-state index contributed by atoms with van der Waals surface area (Å²) in [6.45, 7) is 4.84. The Kier molecular flexibility index (Phi) is 5.16. The topological polar surface area (TPSA) is 66.8 Å². The summed E-state index contributed by atoms with van der Waals surface area (Å²) in [5, 5.41) is 11.4. The van der Waals surface area contributed by atoms with E-state index in [0.29, 0.717) is 19.5 Å². The maximum Gasteiger partial charge on any atom is 0.306 e. The molecule has 1 aliphatic rings. The van der Waals surface area contributed by atoms with Crippen molar-refractivity contribution in [3.63, 3.8) is 0 Å². The van der Waals surface area contributed by atoms with E-state index in [2.05, 4.69) is 0 Å². The molecule has 0 aliphatic carbocycles. The molecular formula is C21H25NO4. The number of carbonyl (C=O) groups excluding carboxylic acids is 1. The molecule has 5 nitrogen and oxygen atoms in total. The molecule has 0 spiro atoms. The van der Waals surface area contributed by atoms with Crippen molar-refractivity contribution in [2.75, 3.05) is 20.2 Å². The number of carboxylic acid groups (broad SMARTS) is 1. The number of nitrogens with zero attached hydrogens (tertiary/aromatic N) is 1. The van der Waals surface area contributed by atoms with E-state index in [-0.39, 0.29) is 23.7 Å². The van der Waals surface area contributed by atoms with Gasteiger partial charge >= 0.3 is 5.97 Å². The zero-order valence-electron chi connectivity index (χ0n) is 15.4. The molecule has 1 aliphatic heterocycles. The molecule has 0 radical (unpaired) electrons. The minimum Gasteiger partial charge on any atom is -0.497 e. The molecule has 5 heteroatoms. The maximum atomic E-state index is 12.9. The Balaban J connectivity index is 1.76. The minimum absolute atomic E-state index is 0.0264. The number of fused-ring (bicyclic) bond motifs is 1. The number of carboxylic acids is 1. The lowest BCUT2D eigenvalue weighted by Crippen LogP contribution is -2.46. The van der Waals surface area contributed by atoms with Gasteiger partial charge in [-0.05, 0) is 47.7 Å². The highest BCUT2D eigenvalue weighted by atomic mass is 16.5. The molecule has 1 saturated heterocycles. The van der Waals surface area contributed by atoms with Crippen LogP contribution in [0, 0.1) is 11.8 Å². The Morgan fingerprint density at radius 2 is 1.88 bits per heavy atom. The summed E-state index contributed by atoms with van der Waals surface area (Å²) < 4.78 is 5.25. The van der Waals surface area contributed by atoms with Crippen molar-refractivity contribution < 1.29 is 19.4 Å². The molecule has 138 valence electrons. The number of ether oxygens (including phenoxy) is 1. The number of aliphatic carboxylic acids is 1. The summed E-state index contributed by atoms with van der Waals surface area (Å²) in [7, 11) is 1.64. The van der Waals surface area contributed by atoms with Crippen molar-refractivity contribution >= 4 is 22.6 Å². The van der Waals surface area contributed by atoms with E-state index in [1.807, 2.05) is 55.1 Å². The first-order chi connectivity index (χ1) is 12.4. The Hall–Kier alpha value is -2.56. The quantitative estimate of drug-likeness (QED) is 0.911. The molecule has 1 heterocycles. The first-order valence-corrected chi connectivity index (χ1v) is 9.00. The van der Waals surface area contributed by atoms with Crippen molar-refractivity contribution in [3.8, 4) is 5.75 Å². The van der Waals surface area contributed by atoms with Crippen LogP contribution in [0.4, 0.5) is 0 Å². The van der Waals surface area contributed by atoms with Crippen LogP contribution in [-0.2, 0) is 9.59 Å². The molecule has 1 N–H and O–H groups in total. The number of methoxy groups -OCH3 is 1. The van der Waals surface area contributed by atoms with Gasteiger partial charge in [0.1, 0.15) is 5.75 Å². The van der Waals surface area contributed by atoms with Gasteiger partial charge in [0.25, 0.3) is 0 Å². The van der Waals surface area contributed by atoms with Crippen LogP contribution in [0.2, 0.25) is 0 Å². The van der Waals surface area contributed by atoms with Crippen molar-refractivity contribution in [1.29, 1.82) is 0 Å². The van der Waals surface area contributed by atoms with Crippen LogP contribution in [0.3, 0.4) is 0 Å². The fourth-order valence-electron chi connectivity index (χ4n) is 3.77. The Morgan fingerprint density at radius 3 is 2.54 bits per heavy atom. The molecular weight excluding hydrogens is 330 g/mol. The lowest BCUT2D eigenvalue weighted by Gasteiger charge is -2.36. The fourth-order valence-corrected chi connectivity index (χ4v) is 3.77.